The van der Waals surface area contributed by atoms with Crippen LogP contribution in [0.3, 0.4) is 0 Å². The first-order valence-electron chi connectivity index (χ1n) is 8.94. The molecule has 0 saturated carbocycles. The number of carbonyl (C=O) groups excluding carboxylic acids is 2. The maximum Gasteiger partial charge on any atom is 0.414 e. The molecule has 0 aliphatic carbocycles. The summed E-state index contributed by atoms with van der Waals surface area (Å²) in [5, 5.41) is 0. The van der Waals surface area contributed by atoms with Crippen molar-refractivity contribution in [3.8, 4) is 0 Å². The first-order valence-corrected chi connectivity index (χ1v) is 8.94. The minimum absolute atomic E-state index is 0.118. The van der Waals surface area contributed by atoms with Gasteiger partial charge in [0.25, 0.3) is 5.91 Å². The van der Waals surface area contributed by atoms with E-state index in [4.69, 9.17) is 4.74 Å². The second-order valence-corrected chi connectivity index (χ2v) is 6.35. The van der Waals surface area contributed by atoms with Crippen molar-refractivity contribution in [2.75, 3.05) is 23.9 Å². The molecule has 5 nitrogen and oxygen atoms in total. The van der Waals surface area contributed by atoms with E-state index in [-0.39, 0.29) is 12.5 Å². The summed E-state index contributed by atoms with van der Waals surface area (Å²) >= 11 is 0. The Hall–Kier alpha value is -3.60. The molecule has 0 atom stereocenters. The molecule has 5 heteroatoms. The van der Waals surface area contributed by atoms with Gasteiger partial charge in [0.2, 0.25) is 0 Å². The predicted octanol–water partition coefficient (Wildman–Crippen LogP) is 4.74. The van der Waals surface area contributed by atoms with Gasteiger partial charge in [0.1, 0.15) is 6.61 Å². The average molecular weight is 374 g/mol. The monoisotopic (exact) mass is 374 g/mol. The minimum Gasteiger partial charge on any atom is -0.444 e. The fraction of sp³-hybridized carbons (Fsp3) is 0.130. The summed E-state index contributed by atoms with van der Waals surface area (Å²) in [6, 6.07) is 25.8. The van der Waals surface area contributed by atoms with Crippen LogP contribution in [0.1, 0.15) is 15.9 Å². The molecular weight excluding hydrogens is 352 g/mol. The molecule has 0 heterocycles. The molecule has 142 valence electrons. The van der Waals surface area contributed by atoms with Crippen molar-refractivity contribution in [1.82, 2.24) is 0 Å². The van der Waals surface area contributed by atoms with E-state index in [1.807, 2.05) is 60.7 Å². The molecule has 3 aromatic rings. The Morgan fingerprint density at radius 2 is 1.25 bits per heavy atom. The molecule has 0 radical (unpaired) electrons. The Morgan fingerprint density at radius 3 is 1.86 bits per heavy atom. The van der Waals surface area contributed by atoms with E-state index in [0.29, 0.717) is 11.3 Å². The normalized spacial score (nSPS) is 10.2. The van der Waals surface area contributed by atoms with Crippen LogP contribution in [0.15, 0.2) is 84.9 Å². The van der Waals surface area contributed by atoms with Gasteiger partial charge in [-0.05, 0) is 42.0 Å². The number of para-hydroxylation sites is 1. The maximum atomic E-state index is 12.6. The largest absolute Gasteiger partial charge is 0.444 e. The molecule has 0 fully saturated rings. The Morgan fingerprint density at radius 1 is 0.714 bits per heavy atom. The van der Waals surface area contributed by atoms with Gasteiger partial charge in [0.05, 0.1) is 0 Å². The third-order valence-corrected chi connectivity index (χ3v) is 4.43. The lowest BCUT2D eigenvalue weighted by molar-refractivity contribution is 0.0993. The Labute approximate surface area is 164 Å². The number of anilines is 2. The van der Waals surface area contributed by atoms with Crippen LogP contribution >= 0.6 is 0 Å². The standard InChI is InChI=1S/C23H22N2O3/c1-24(20-11-7-4-8-12-20)22(26)19-13-15-21(16-14-19)25(2)23(27)28-17-18-9-5-3-6-10-18/h3-16H,17H2,1-2H3. The number of amides is 2. The first-order chi connectivity index (χ1) is 13.6. The third kappa shape index (κ3) is 4.57. The van der Waals surface area contributed by atoms with Crippen LogP contribution in [-0.4, -0.2) is 26.1 Å². The lowest BCUT2D eigenvalue weighted by atomic mass is 10.1. The number of carbonyl (C=O) groups is 2. The molecule has 0 aliphatic rings. The number of hydrogen-bond donors (Lipinski definition) is 0. The Balaban J connectivity index is 1.63. The Kier molecular flexibility index (Phi) is 6.07. The van der Waals surface area contributed by atoms with Gasteiger partial charge in [-0.25, -0.2) is 4.79 Å². The third-order valence-electron chi connectivity index (χ3n) is 4.43. The second kappa shape index (κ2) is 8.86. The van der Waals surface area contributed by atoms with Crippen LogP contribution in [0.4, 0.5) is 16.2 Å². The van der Waals surface area contributed by atoms with Gasteiger partial charge in [-0.1, -0.05) is 48.5 Å². The number of ether oxygens (including phenoxy) is 1. The van der Waals surface area contributed by atoms with Crippen LogP contribution in [0, 0.1) is 0 Å². The summed E-state index contributed by atoms with van der Waals surface area (Å²) < 4.78 is 5.33. The zero-order valence-corrected chi connectivity index (χ0v) is 15.9. The lowest BCUT2D eigenvalue weighted by Gasteiger charge is -2.19. The highest BCUT2D eigenvalue weighted by atomic mass is 16.6. The van der Waals surface area contributed by atoms with Gasteiger partial charge >= 0.3 is 6.09 Å². The SMILES string of the molecule is CN(C(=O)OCc1ccccc1)c1ccc(C(=O)N(C)c2ccccc2)cc1. The molecule has 0 N–H and O–H groups in total. The summed E-state index contributed by atoms with van der Waals surface area (Å²) in [6.07, 6.45) is -0.454. The summed E-state index contributed by atoms with van der Waals surface area (Å²) in [5.41, 5.74) is 2.94. The van der Waals surface area contributed by atoms with E-state index >= 15 is 0 Å². The molecule has 0 aliphatic heterocycles. The molecule has 0 aromatic heterocycles. The van der Waals surface area contributed by atoms with Crippen LogP contribution in [0.2, 0.25) is 0 Å². The number of rotatable bonds is 5. The van der Waals surface area contributed by atoms with E-state index in [1.54, 1.807) is 43.3 Å². The van der Waals surface area contributed by atoms with Crippen molar-refractivity contribution in [2.45, 2.75) is 6.61 Å². The summed E-state index contributed by atoms with van der Waals surface area (Å²) in [5.74, 6) is -0.118. The van der Waals surface area contributed by atoms with Crippen molar-refractivity contribution < 1.29 is 14.3 Å². The number of benzene rings is 3. The molecule has 0 saturated heterocycles. The topological polar surface area (TPSA) is 49.9 Å². The van der Waals surface area contributed by atoms with Crippen molar-refractivity contribution in [3.63, 3.8) is 0 Å². The summed E-state index contributed by atoms with van der Waals surface area (Å²) in [4.78, 5) is 27.9. The highest BCUT2D eigenvalue weighted by Crippen LogP contribution is 2.19. The van der Waals surface area contributed by atoms with Gasteiger partial charge in [0, 0.05) is 31.0 Å². The quantitative estimate of drug-likeness (QED) is 0.648. The van der Waals surface area contributed by atoms with Crippen LogP contribution in [0.5, 0.6) is 0 Å². The molecule has 3 rings (SSSR count). The average Bonchev–Trinajstić information content (AvgIpc) is 2.77. The summed E-state index contributed by atoms with van der Waals surface area (Å²) in [6.45, 7) is 0.211. The van der Waals surface area contributed by atoms with Crippen molar-refractivity contribution in [1.29, 1.82) is 0 Å². The van der Waals surface area contributed by atoms with Gasteiger partial charge in [-0.2, -0.15) is 0 Å². The van der Waals surface area contributed by atoms with Crippen molar-refractivity contribution in [3.05, 3.63) is 96.1 Å². The van der Waals surface area contributed by atoms with E-state index in [1.165, 1.54) is 4.90 Å². The maximum absolute atomic E-state index is 12.6. The molecule has 0 bridgehead atoms. The zero-order chi connectivity index (χ0) is 19.9. The van der Waals surface area contributed by atoms with Gasteiger partial charge in [0.15, 0.2) is 0 Å². The molecule has 2 amide bonds. The smallest absolute Gasteiger partial charge is 0.414 e. The molecule has 0 unspecified atom stereocenters. The number of hydrogen-bond acceptors (Lipinski definition) is 3. The van der Waals surface area contributed by atoms with Crippen molar-refractivity contribution >= 4 is 23.4 Å². The number of nitrogens with zero attached hydrogens (tertiary/aromatic N) is 2. The van der Waals surface area contributed by atoms with E-state index < -0.39 is 6.09 Å². The second-order valence-electron chi connectivity index (χ2n) is 6.35. The Bertz CT molecular complexity index is 925. The fourth-order valence-corrected chi connectivity index (χ4v) is 2.71. The van der Waals surface area contributed by atoms with Gasteiger partial charge in [-0.3, -0.25) is 9.69 Å². The zero-order valence-electron chi connectivity index (χ0n) is 15.9. The highest BCUT2D eigenvalue weighted by molar-refractivity contribution is 6.06. The van der Waals surface area contributed by atoms with E-state index in [2.05, 4.69) is 0 Å². The molecule has 3 aromatic carbocycles. The van der Waals surface area contributed by atoms with Crippen LogP contribution < -0.4 is 9.80 Å². The first kappa shape index (κ1) is 19.2. The van der Waals surface area contributed by atoms with Crippen LogP contribution in [0.25, 0.3) is 0 Å². The van der Waals surface area contributed by atoms with Gasteiger partial charge in [-0.15, -0.1) is 0 Å². The highest BCUT2D eigenvalue weighted by Gasteiger charge is 2.16. The van der Waals surface area contributed by atoms with E-state index in [0.717, 1.165) is 11.3 Å². The van der Waals surface area contributed by atoms with Crippen LogP contribution in [-0.2, 0) is 11.3 Å². The minimum atomic E-state index is -0.454. The molecule has 28 heavy (non-hydrogen) atoms. The van der Waals surface area contributed by atoms with Crippen molar-refractivity contribution in [2.24, 2.45) is 0 Å². The molecular formula is C23H22N2O3. The molecule has 0 spiro atoms. The van der Waals surface area contributed by atoms with Gasteiger partial charge < -0.3 is 9.64 Å². The van der Waals surface area contributed by atoms with E-state index in [9.17, 15) is 9.59 Å². The fourth-order valence-electron chi connectivity index (χ4n) is 2.71. The lowest BCUT2D eigenvalue weighted by Crippen LogP contribution is -2.28. The predicted molar refractivity (Wildman–Crippen MR) is 111 cm³/mol. The summed E-state index contributed by atoms with van der Waals surface area (Å²) in [7, 11) is 3.37.